The summed E-state index contributed by atoms with van der Waals surface area (Å²) in [5.74, 6) is -0.0260. The van der Waals surface area contributed by atoms with E-state index in [2.05, 4.69) is 4.98 Å². The van der Waals surface area contributed by atoms with Crippen LogP contribution in [0.5, 0.6) is 0 Å². The maximum atomic E-state index is 13.4. The van der Waals surface area contributed by atoms with Crippen molar-refractivity contribution < 1.29 is 4.79 Å². The molecule has 6 heteroatoms. The van der Waals surface area contributed by atoms with Crippen molar-refractivity contribution in [3.63, 3.8) is 0 Å². The summed E-state index contributed by atoms with van der Waals surface area (Å²) in [6, 6.07) is 28.8. The van der Waals surface area contributed by atoms with Crippen LogP contribution in [0.4, 0.5) is 0 Å². The zero-order valence-electron chi connectivity index (χ0n) is 17.8. The number of carbonyl (C=O) groups is 1. The van der Waals surface area contributed by atoms with E-state index in [1.165, 1.54) is 23.1 Å². The number of rotatable bonds is 6. The summed E-state index contributed by atoms with van der Waals surface area (Å²) >= 11 is 2.78. The zero-order valence-corrected chi connectivity index (χ0v) is 19.5. The van der Waals surface area contributed by atoms with Gasteiger partial charge >= 0.3 is 0 Å². The van der Waals surface area contributed by atoms with Gasteiger partial charge in [0.15, 0.2) is 10.9 Å². The Morgan fingerprint density at radius 2 is 1.52 bits per heavy atom. The summed E-state index contributed by atoms with van der Waals surface area (Å²) in [6.07, 6.45) is 0. The predicted octanol–water partition coefficient (Wildman–Crippen LogP) is 6.68. The molecular formula is C27H20N2O2S2. The molecular weight excluding hydrogens is 448 g/mol. The smallest absolute Gasteiger partial charge is 0.260 e. The number of thioether (sulfide) groups is 1. The molecule has 2 heterocycles. The highest BCUT2D eigenvalue weighted by Crippen LogP contribution is 2.39. The summed E-state index contributed by atoms with van der Waals surface area (Å²) in [4.78, 5) is 35.8. The monoisotopic (exact) mass is 468 g/mol. The van der Waals surface area contributed by atoms with Crippen LogP contribution in [-0.4, -0.2) is 15.8 Å². The van der Waals surface area contributed by atoms with E-state index in [0.29, 0.717) is 20.9 Å². The number of nitrogens with zero attached hydrogens (tertiary/aromatic N) is 1. The molecule has 0 aliphatic carbocycles. The minimum absolute atomic E-state index is 0.0260. The molecule has 33 heavy (non-hydrogen) atoms. The van der Waals surface area contributed by atoms with E-state index in [0.717, 1.165) is 21.6 Å². The van der Waals surface area contributed by atoms with Gasteiger partial charge in [0, 0.05) is 10.4 Å². The molecule has 5 rings (SSSR count). The molecule has 4 nitrogen and oxygen atoms in total. The van der Waals surface area contributed by atoms with E-state index in [9.17, 15) is 9.59 Å². The maximum absolute atomic E-state index is 13.4. The Kier molecular flexibility index (Phi) is 5.94. The topological polar surface area (TPSA) is 62.8 Å². The molecule has 1 atom stereocenters. The number of carbonyl (C=O) groups excluding carboxylic acids is 1. The number of benzene rings is 3. The van der Waals surface area contributed by atoms with Gasteiger partial charge in [-0.25, -0.2) is 4.98 Å². The molecule has 0 bridgehead atoms. The third kappa shape index (κ3) is 4.27. The van der Waals surface area contributed by atoms with Crippen molar-refractivity contribution in [1.82, 2.24) is 9.97 Å². The first-order chi connectivity index (χ1) is 16.1. The zero-order chi connectivity index (χ0) is 22.8. The SMILES string of the molecule is Cc1c(-c2ccccc2)sc2nc(SC(C(=O)c3ccccc3)c3ccccc3)[nH]c(=O)c12. The van der Waals surface area contributed by atoms with Crippen LogP contribution in [0.3, 0.4) is 0 Å². The number of fused-ring (bicyclic) bond motifs is 1. The van der Waals surface area contributed by atoms with Crippen LogP contribution in [0, 0.1) is 6.92 Å². The van der Waals surface area contributed by atoms with Crippen molar-refractivity contribution in [3.8, 4) is 10.4 Å². The fraction of sp³-hybridized carbons (Fsp3) is 0.0741. The highest BCUT2D eigenvalue weighted by atomic mass is 32.2. The summed E-state index contributed by atoms with van der Waals surface area (Å²) < 4.78 is 0. The maximum Gasteiger partial charge on any atom is 0.260 e. The van der Waals surface area contributed by atoms with Crippen LogP contribution >= 0.6 is 23.1 Å². The molecule has 0 saturated carbocycles. The van der Waals surface area contributed by atoms with E-state index >= 15 is 0 Å². The van der Waals surface area contributed by atoms with Crippen molar-refractivity contribution >= 4 is 39.1 Å². The number of H-pyrrole nitrogens is 1. The standard InChI is InChI=1S/C27H20N2O2S2/c1-17-21-25(31)28-27(29-26(21)32-23(17)19-13-7-3-8-14-19)33-24(20-15-9-4-10-16-20)22(30)18-11-5-2-6-12-18/h2-16,24H,1H3,(H,28,29,31). The van der Waals surface area contributed by atoms with Crippen molar-refractivity contribution in [2.75, 3.05) is 0 Å². The molecule has 2 aromatic heterocycles. The van der Waals surface area contributed by atoms with Crippen LogP contribution in [0.15, 0.2) is 101 Å². The minimum Gasteiger partial charge on any atom is -0.301 e. The van der Waals surface area contributed by atoms with E-state index in [1.807, 2.05) is 97.9 Å². The van der Waals surface area contributed by atoms with Crippen molar-refractivity contribution in [2.24, 2.45) is 0 Å². The van der Waals surface area contributed by atoms with Crippen LogP contribution in [0.2, 0.25) is 0 Å². The molecule has 0 spiro atoms. The van der Waals surface area contributed by atoms with E-state index in [-0.39, 0.29) is 11.3 Å². The average molecular weight is 469 g/mol. The number of hydrogen-bond acceptors (Lipinski definition) is 5. The van der Waals surface area contributed by atoms with Gasteiger partial charge in [-0.15, -0.1) is 11.3 Å². The Morgan fingerprint density at radius 3 is 2.18 bits per heavy atom. The second kappa shape index (κ2) is 9.17. The lowest BCUT2D eigenvalue weighted by molar-refractivity contribution is 0.0989. The average Bonchev–Trinajstić information content (AvgIpc) is 3.20. The molecule has 0 amide bonds. The Labute approximate surface area is 199 Å². The number of aromatic nitrogens is 2. The number of aryl methyl sites for hydroxylation is 1. The highest BCUT2D eigenvalue weighted by molar-refractivity contribution is 8.00. The largest absolute Gasteiger partial charge is 0.301 e. The van der Waals surface area contributed by atoms with Gasteiger partial charge in [-0.3, -0.25) is 9.59 Å². The fourth-order valence-electron chi connectivity index (χ4n) is 3.81. The fourth-order valence-corrected chi connectivity index (χ4v) is 6.11. The van der Waals surface area contributed by atoms with E-state index in [4.69, 9.17) is 4.98 Å². The van der Waals surface area contributed by atoms with Crippen molar-refractivity contribution in [3.05, 3.63) is 118 Å². The Bertz CT molecular complexity index is 1480. The first kappa shape index (κ1) is 21.4. The summed E-state index contributed by atoms with van der Waals surface area (Å²) in [5, 5.41) is 0.518. The second-order valence-corrected chi connectivity index (χ2v) is 9.71. The minimum atomic E-state index is -0.524. The molecule has 0 saturated heterocycles. The highest BCUT2D eigenvalue weighted by Gasteiger charge is 2.25. The van der Waals surface area contributed by atoms with Gasteiger partial charge in [0.05, 0.1) is 5.39 Å². The lowest BCUT2D eigenvalue weighted by Gasteiger charge is -2.15. The number of hydrogen-bond donors (Lipinski definition) is 1. The number of thiophene rings is 1. The van der Waals surface area contributed by atoms with Crippen molar-refractivity contribution in [1.29, 1.82) is 0 Å². The molecule has 0 aliphatic rings. The lowest BCUT2D eigenvalue weighted by Crippen LogP contribution is -2.13. The van der Waals surface area contributed by atoms with Gasteiger partial charge < -0.3 is 4.98 Å². The summed E-state index contributed by atoms with van der Waals surface area (Å²) in [6.45, 7) is 1.95. The molecule has 3 aromatic carbocycles. The molecule has 5 aromatic rings. The van der Waals surface area contributed by atoms with Gasteiger partial charge in [-0.1, -0.05) is 103 Å². The van der Waals surface area contributed by atoms with Gasteiger partial charge in [0.1, 0.15) is 10.1 Å². The molecule has 0 fully saturated rings. The number of aromatic amines is 1. The van der Waals surface area contributed by atoms with E-state index < -0.39 is 5.25 Å². The normalized spacial score (nSPS) is 12.0. The van der Waals surface area contributed by atoms with Crippen molar-refractivity contribution in [2.45, 2.75) is 17.3 Å². The van der Waals surface area contributed by atoms with Crippen LogP contribution < -0.4 is 5.56 Å². The molecule has 0 aliphatic heterocycles. The van der Waals surface area contributed by atoms with Gasteiger partial charge in [-0.2, -0.15) is 0 Å². The third-order valence-electron chi connectivity index (χ3n) is 5.44. The van der Waals surface area contributed by atoms with Crippen LogP contribution in [0.25, 0.3) is 20.7 Å². The van der Waals surface area contributed by atoms with E-state index in [1.54, 1.807) is 0 Å². The molecule has 1 N–H and O–H groups in total. The second-order valence-electron chi connectivity index (χ2n) is 7.61. The van der Waals surface area contributed by atoms with Gasteiger partial charge in [0.25, 0.3) is 5.56 Å². The summed E-state index contributed by atoms with van der Waals surface area (Å²) in [5.41, 5.74) is 3.30. The molecule has 1 unspecified atom stereocenters. The van der Waals surface area contributed by atoms with Crippen LogP contribution in [0.1, 0.15) is 26.7 Å². The summed E-state index contributed by atoms with van der Waals surface area (Å²) in [7, 11) is 0. The van der Waals surface area contributed by atoms with Gasteiger partial charge in [-0.05, 0) is 23.6 Å². The lowest BCUT2D eigenvalue weighted by atomic mass is 10.0. The third-order valence-corrected chi connectivity index (χ3v) is 7.82. The number of Topliss-reactive ketones (excluding diaryl/α,β-unsaturated/α-hetero) is 1. The number of ketones is 1. The first-order valence-corrected chi connectivity index (χ1v) is 12.2. The molecule has 162 valence electrons. The molecule has 0 radical (unpaired) electrons. The Hall–Kier alpha value is -3.48. The quantitative estimate of drug-likeness (QED) is 0.172. The number of nitrogens with one attached hydrogen (secondary N) is 1. The van der Waals surface area contributed by atoms with Gasteiger partial charge in [0.2, 0.25) is 0 Å². The Morgan fingerprint density at radius 1 is 0.909 bits per heavy atom. The Balaban J connectivity index is 1.57. The predicted molar refractivity (Wildman–Crippen MR) is 136 cm³/mol. The van der Waals surface area contributed by atoms with Crippen LogP contribution in [-0.2, 0) is 0 Å². The first-order valence-electron chi connectivity index (χ1n) is 10.5.